The van der Waals surface area contributed by atoms with E-state index in [-0.39, 0.29) is 4.90 Å². The summed E-state index contributed by atoms with van der Waals surface area (Å²) in [4.78, 5) is 0.178. The first-order valence-corrected chi connectivity index (χ1v) is 21.7. The molecule has 0 aromatic heterocycles. The minimum atomic E-state index is -3.65. The van der Waals surface area contributed by atoms with Crippen LogP contribution in [0.4, 0.5) is 17.1 Å². The second-order valence-electron chi connectivity index (χ2n) is 16.3. The molecule has 0 saturated heterocycles. The van der Waals surface area contributed by atoms with E-state index in [0.29, 0.717) is 0 Å². The van der Waals surface area contributed by atoms with E-state index in [2.05, 4.69) is 0 Å². The van der Waals surface area contributed by atoms with Crippen LogP contribution in [0, 0.1) is 0 Å². The van der Waals surface area contributed by atoms with E-state index < -0.39 is 423 Å². The molecule has 0 bridgehead atoms. The number of benzene rings is 12. The van der Waals surface area contributed by atoms with Crippen LogP contribution in [0.1, 0.15) is 109 Å². The van der Waals surface area contributed by atoms with Gasteiger partial charge in [0, 0.05) is 16.9 Å². The van der Waals surface area contributed by atoms with Gasteiger partial charge in [-0.25, -0.2) is 0 Å². The zero-order valence-electron chi connectivity index (χ0n) is 83.4. The summed E-state index contributed by atoms with van der Waals surface area (Å²) in [6.07, 6.45) is 0. The number of nitrogens with zero attached hydrogens (tertiary/aromatic N) is 1. The monoisotopic (exact) mass is 973 g/mol. The van der Waals surface area contributed by atoms with Crippen molar-refractivity contribution in [3.63, 3.8) is 0 Å². The van der Waals surface area contributed by atoms with Crippen molar-refractivity contribution < 1.29 is 64.4 Å². The molecule has 0 radical (unpaired) electrons. The van der Waals surface area contributed by atoms with Crippen molar-refractivity contribution in [3.8, 4) is 55.6 Å². The molecule has 0 aliphatic heterocycles. The first-order chi connectivity index (χ1) is 55.8. The third-order valence-electron chi connectivity index (χ3n) is 12.9. The van der Waals surface area contributed by atoms with Crippen molar-refractivity contribution >= 4 is 27.8 Å². The normalized spacial score (nSPS) is 22.7. The third kappa shape index (κ3) is 5.79. The second-order valence-corrected chi connectivity index (χ2v) is 16.3. The van der Waals surface area contributed by atoms with Gasteiger partial charge < -0.3 is 4.90 Å². The zero-order valence-corrected chi connectivity index (χ0v) is 36.4. The van der Waals surface area contributed by atoms with Gasteiger partial charge in [0.1, 0.15) is 0 Å². The highest BCUT2D eigenvalue weighted by molar-refractivity contribution is 6.06. The first-order valence-electron chi connectivity index (χ1n) is 45.2. The lowest BCUT2D eigenvalue weighted by Gasteiger charge is -2.34. The molecule has 3 aliphatic rings. The maximum atomic E-state index is 11.0. The van der Waals surface area contributed by atoms with Crippen LogP contribution in [0.5, 0.6) is 0 Å². The Labute approximate surface area is 492 Å². The summed E-state index contributed by atoms with van der Waals surface area (Å²) in [7, 11) is 0. The van der Waals surface area contributed by atoms with Gasteiger partial charge in [0.25, 0.3) is 0 Å². The molecule has 73 heavy (non-hydrogen) atoms. The Balaban J connectivity index is 1.21. The highest BCUT2D eigenvalue weighted by Crippen LogP contribution is 2.65. The molecule has 0 fully saturated rings. The summed E-state index contributed by atoms with van der Waals surface area (Å²) in [5, 5.41) is -2.27. The summed E-state index contributed by atoms with van der Waals surface area (Å²) in [6.45, 7) is 0. The highest BCUT2D eigenvalue weighted by atomic mass is 15.1. The maximum Gasteiger partial charge on any atom is 0.0726 e. The number of para-hydroxylation sites is 1. The molecule has 0 amide bonds. The van der Waals surface area contributed by atoms with Crippen molar-refractivity contribution in [1.29, 1.82) is 0 Å². The Hall–Kier alpha value is -9.30. The van der Waals surface area contributed by atoms with E-state index in [1.54, 1.807) is 0 Å². The molecule has 0 saturated carbocycles. The molecule has 12 aromatic rings. The lowest BCUT2D eigenvalue weighted by Crippen LogP contribution is -2.28. The van der Waals surface area contributed by atoms with Gasteiger partial charge >= 0.3 is 0 Å². The lowest BCUT2D eigenvalue weighted by molar-refractivity contribution is 0.769. The van der Waals surface area contributed by atoms with Crippen LogP contribution in [-0.4, -0.2) is 0 Å². The standard InChI is InChI=1S/C72H47N/c1-4-24-51(25-5-1)71(52-26-6-2-7-27-52)62-36-16-12-34-59(62)60-45-43-50(47-67(60)71)69-55-31-11-10-22-48(55)42-44-56(69)49-23-20-30-54(46-49)73(53-28-8-3-9-29-53)68-41-21-40-66-70(68)61-35-15-19-39-65(61)72(66)63-37-17-13-32-57(63)58-33-14-18-38-64(58)72/h1-47H/i1D,2D,3D,4D,5D,6D,7D,8D,9D,10D,11D,12D,13D,14D,15D,16D,17D,18D,19D,20D,21D,22D,23D,24D,25D,26D,27D,28D,29D,30D,31D,32D,33D,34D,35D,36D,37D,38D,39D,40D,41D,42D,43D,44D,45D,46D,47D. The molecule has 1 spiro atoms. The van der Waals surface area contributed by atoms with Gasteiger partial charge in [0.15, 0.2) is 0 Å². The molecule has 0 unspecified atom stereocenters. The molecular formula is C72H47N. The number of hydrogen-bond acceptors (Lipinski definition) is 1. The molecule has 1 nitrogen and oxygen atoms in total. The fourth-order valence-electron chi connectivity index (χ4n) is 10.2. The van der Waals surface area contributed by atoms with Gasteiger partial charge in [-0.15, -0.1) is 0 Å². The zero-order chi connectivity index (χ0) is 89.0. The van der Waals surface area contributed by atoms with E-state index in [0.717, 1.165) is 0 Å². The minimum Gasteiger partial charge on any atom is -0.310 e. The van der Waals surface area contributed by atoms with E-state index in [1.165, 1.54) is 0 Å². The largest absolute Gasteiger partial charge is 0.310 e. The van der Waals surface area contributed by atoms with Crippen LogP contribution in [-0.2, 0) is 10.8 Å². The van der Waals surface area contributed by atoms with Crippen LogP contribution in [0.3, 0.4) is 0 Å². The molecule has 0 heterocycles. The molecule has 0 N–H and O–H groups in total. The van der Waals surface area contributed by atoms with Crippen LogP contribution in [0.25, 0.3) is 66.4 Å². The van der Waals surface area contributed by atoms with E-state index in [1.807, 2.05) is 0 Å². The van der Waals surface area contributed by atoms with Crippen molar-refractivity contribution in [2.45, 2.75) is 10.8 Å². The summed E-state index contributed by atoms with van der Waals surface area (Å²) >= 11 is 0. The highest BCUT2D eigenvalue weighted by Gasteiger charge is 2.52. The molecule has 3 aliphatic carbocycles. The van der Waals surface area contributed by atoms with E-state index in [9.17, 15) is 46.6 Å². The summed E-state index contributed by atoms with van der Waals surface area (Å²) in [6, 6.07) is -61.9. The van der Waals surface area contributed by atoms with E-state index >= 15 is 0 Å². The maximum absolute atomic E-state index is 11.0. The molecule has 12 aromatic carbocycles. The molecular weight excluding hydrogens is 879 g/mol. The van der Waals surface area contributed by atoms with Crippen LogP contribution < -0.4 is 4.90 Å². The van der Waals surface area contributed by atoms with E-state index in [4.69, 9.17) is 17.8 Å². The fraction of sp³-hybridized carbons (Fsp3) is 0.0278. The predicted octanol–water partition coefficient (Wildman–Crippen LogP) is 18.4. The van der Waals surface area contributed by atoms with Gasteiger partial charge in [-0.1, -0.05) is 248 Å². The SMILES string of the molecule is [2H]c1c([2H])c([2H])c(N(c2c([2H])c([2H])c([2H])c(-c3c([2H])c([2H])c4c([2H])c([2H])c([2H])c([2H])c4c3-c3c([2H])c([2H])c4c(c3[2H])C(c3c([2H])c([2H])c([2H])c([2H])c3[2H])(c3c([2H])c([2H])c([2H])c([2H])c3[2H])c3c([2H])c([2H])c([2H])c([2H])c3-4)c2[2H])c2c([2H])c([2H])c([2H])c3c2-c2c([2H])c([2H])c([2H])c([2H])c2C32c3c([2H])c([2H])c([2H])c([2H])c3-c3c([2H])c([2H])c([2H])c([2H])c32)c([2H])c1[2H]. The third-order valence-corrected chi connectivity index (χ3v) is 12.9. The predicted molar refractivity (Wildman–Crippen MR) is 303 cm³/mol. The Morgan fingerprint density at radius 3 is 1.41 bits per heavy atom. The molecule has 0 atom stereocenters. The Kier molecular flexibility index (Phi) is 3.56. The molecule has 340 valence electrons. The summed E-state index contributed by atoms with van der Waals surface area (Å²) < 4.78 is 452. The summed E-state index contributed by atoms with van der Waals surface area (Å²) in [5.74, 6) is 0. The van der Waals surface area contributed by atoms with Crippen molar-refractivity contribution in [2.75, 3.05) is 4.90 Å². The Bertz CT molecular complexity index is 6780. The Morgan fingerprint density at radius 2 is 0.753 bits per heavy atom. The van der Waals surface area contributed by atoms with Gasteiger partial charge in [-0.2, -0.15) is 0 Å². The fourth-order valence-corrected chi connectivity index (χ4v) is 10.2. The average Bonchev–Trinajstić information content (AvgIpc) is 1.49. The lowest BCUT2D eigenvalue weighted by atomic mass is 9.67. The number of fused-ring (bicyclic) bond motifs is 14. The number of hydrogen-bond donors (Lipinski definition) is 0. The first kappa shape index (κ1) is 16.1. The van der Waals surface area contributed by atoms with Gasteiger partial charge in [0.2, 0.25) is 0 Å². The van der Waals surface area contributed by atoms with Gasteiger partial charge in [-0.05, 0) is 142 Å². The van der Waals surface area contributed by atoms with Gasteiger partial charge in [0.05, 0.1) is 80.9 Å². The average molecular weight is 973 g/mol. The molecule has 15 rings (SSSR count). The van der Waals surface area contributed by atoms with Crippen LogP contribution >= 0.6 is 0 Å². The van der Waals surface area contributed by atoms with Crippen LogP contribution in [0.15, 0.2) is 284 Å². The van der Waals surface area contributed by atoms with Crippen LogP contribution in [0.2, 0.25) is 0 Å². The summed E-state index contributed by atoms with van der Waals surface area (Å²) in [5.41, 5.74) is -31.4. The van der Waals surface area contributed by atoms with Crippen molar-refractivity contribution in [3.05, 3.63) is 329 Å². The smallest absolute Gasteiger partial charge is 0.0726 e. The van der Waals surface area contributed by atoms with Gasteiger partial charge in [-0.3, -0.25) is 0 Å². The Morgan fingerprint density at radius 1 is 0.274 bits per heavy atom. The quantitative estimate of drug-likeness (QED) is 0.154. The van der Waals surface area contributed by atoms with Crippen molar-refractivity contribution in [2.24, 2.45) is 0 Å². The minimum absolute atomic E-state index is 0.178. The number of rotatable bonds is 7. The van der Waals surface area contributed by atoms with Crippen molar-refractivity contribution in [1.82, 2.24) is 0 Å². The molecule has 1 heteroatoms. The second kappa shape index (κ2) is 16.1. The topological polar surface area (TPSA) is 3.24 Å². The number of anilines is 3.